The summed E-state index contributed by atoms with van der Waals surface area (Å²) in [4.78, 5) is 16.3. The second-order valence-corrected chi connectivity index (χ2v) is 4.49. The van der Waals surface area contributed by atoms with Crippen molar-refractivity contribution < 1.29 is 13.7 Å². The zero-order valence-electron chi connectivity index (χ0n) is 11.4. The summed E-state index contributed by atoms with van der Waals surface area (Å²) in [6.07, 6.45) is 4.88. The third-order valence-electron chi connectivity index (χ3n) is 3.04. The van der Waals surface area contributed by atoms with Gasteiger partial charge in [-0.05, 0) is 36.8 Å². The summed E-state index contributed by atoms with van der Waals surface area (Å²) in [6.45, 7) is 2.13. The van der Waals surface area contributed by atoms with Gasteiger partial charge in [-0.25, -0.2) is 0 Å². The van der Waals surface area contributed by atoms with E-state index in [0.717, 1.165) is 5.56 Å². The van der Waals surface area contributed by atoms with Crippen LogP contribution in [0.3, 0.4) is 0 Å². The van der Waals surface area contributed by atoms with E-state index in [2.05, 4.69) is 15.5 Å². The predicted octanol–water partition coefficient (Wildman–Crippen LogP) is 2.57. The first kappa shape index (κ1) is 13.1. The molecule has 1 N–H and O–H groups in total. The highest BCUT2D eigenvalue weighted by Gasteiger charge is 2.23. The largest absolute Gasteiger partial charge is 0.461 e. The van der Waals surface area contributed by atoms with Gasteiger partial charge in [-0.15, -0.1) is 0 Å². The predicted molar refractivity (Wildman–Crippen MR) is 74.3 cm³/mol. The van der Waals surface area contributed by atoms with E-state index in [-0.39, 0.29) is 5.91 Å². The molecular formula is C15H13N3O3. The molecule has 0 spiro atoms. The fourth-order valence-electron chi connectivity index (χ4n) is 1.98. The molecule has 0 radical (unpaired) electrons. The molecule has 3 heterocycles. The molecule has 0 unspecified atom stereocenters. The van der Waals surface area contributed by atoms with E-state index in [1.165, 1.54) is 6.26 Å². The Balaban J connectivity index is 1.80. The normalized spacial score (nSPS) is 10.5. The van der Waals surface area contributed by atoms with Gasteiger partial charge in [0.05, 0.1) is 12.0 Å². The van der Waals surface area contributed by atoms with Gasteiger partial charge < -0.3 is 14.3 Å². The summed E-state index contributed by atoms with van der Waals surface area (Å²) in [5.41, 5.74) is 1.87. The molecule has 0 saturated heterocycles. The Hall–Kier alpha value is -2.89. The van der Waals surface area contributed by atoms with E-state index in [9.17, 15) is 4.79 Å². The lowest BCUT2D eigenvalue weighted by Crippen LogP contribution is -2.23. The maximum Gasteiger partial charge on any atom is 0.257 e. The van der Waals surface area contributed by atoms with Crippen molar-refractivity contribution in [3.63, 3.8) is 0 Å². The van der Waals surface area contributed by atoms with Gasteiger partial charge in [0.25, 0.3) is 5.91 Å². The van der Waals surface area contributed by atoms with E-state index in [0.29, 0.717) is 29.3 Å². The van der Waals surface area contributed by atoms with Crippen LogP contribution in [0.2, 0.25) is 0 Å². The van der Waals surface area contributed by atoms with Gasteiger partial charge in [0.1, 0.15) is 5.56 Å². The van der Waals surface area contributed by atoms with Gasteiger partial charge in [-0.3, -0.25) is 9.78 Å². The molecule has 0 atom stereocenters. The maximum absolute atomic E-state index is 12.3. The number of amides is 1. The fourth-order valence-corrected chi connectivity index (χ4v) is 1.98. The SMILES string of the molecule is Cc1noc(-c2ccco2)c1C(=O)NCc1ccncc1. The number of nitrogens with zero attached hydrogens (tertiary/aromatic N) is 2. The Morgan fingerprint density at radius 1 is 1.29 bits per heavy atom. The van der Waals surface area contributed by atoms with Crippen molar-refractivity contribution >= 4 is 5.91 Å². The molecule has 3 aromatic heterocycles. The number of furan rings is 1. The van der Waals surface area contributed by atoms with E-state index in [4.69, 9.17) is 8.94 Å². The topological polar surface area (TPSA) is 81.2 Å². The summed E-state index contributed by atoms with van der Waals surface area (Å²) in [5, 5.41) is 6.68. The van der Waals surface area contributed by atoms with Gasteiger partial charge in [-0.1, -0.05) is 5.16 Å². The van der Waals surface area contributed by atoms with Gasteiger partial charge in [0.15, 0.2) is 5.76 Å². The monoisotopic (exact) mass is 283 g/mol. The van der Waals surface area contributed by atoms with Crippen LogP contribution in [0.25, 0.3) is 11.5 Å². The highest BCUT2D eigenvalue weighted by atomic mass is 16.5. The molecule has 106 valence electrons. The van der Waals surface area contributed by atoms with Crippen molar-refractivity contribution in [1.82, 2.24) is 15.5 Å². The summed E-state index contributed by atoms with van der Waals surface area (Å²) in [5.74, 6) is 0.561. The summed E-state index contributed by atoms with van der Waals surface area (Å²) < 4.78 is 10.5. The Labute approximate surface area is 120 Å². The fraction of sp³-hybridized carbons (Fsp3) is 0.133. The lowest BCUT2D eigenvalue weighted by molar-refractivity contribution is 0.0950. The van der Waals surface area contributed by atoms with Gasteiger partial charge >= 0.3 is 0 Å². The minimum atomic E-state index is -0.253. The number of aromatic nitrogens is 2. The van der Waals surface area contributed by atoms with E-state index < -0.39 is 0 Å². The zero-order valence-corrected chi connectivity index (χ0v) is 11.4. The molecule has 21 heavy (non-hydrogen) atoms. The number of carbonyl (C=O) groups is 1. The standard InChI is InChI=1S/C15H13N3O3/c1-10-13(14(21-18-10)12-3-2-8-20-12)15(19)17-9-11-4-6-16-7-5-11/h2-8H,9H2,1H3,(H,17,19). The van der Waals surface area contributed by atoms with Crippen LogP contribution in [0, 0.1) is 6.92 Å². The van der Waals surface area contributed by atoms with E-state index >= 15 is 0 Å². The maximum atomic E-state index is 12.3. The van der Waals surface area contributed by atoms with Crippen molar-refractivity contribution in [3.05, 3.63) is 59.7 Å². The van der Waals surface area contributed by atoms with Crippen LogP contribution in [0.1, 0.15) is 21.6 Å². The molecule has 0 aliphatic heterocycles. The third-order valence-corrected chi connectivity index (χ3v) is 3.04. The van der Waals surface area contributed by atoms with Crippen LogP contribution in [0.5, 0.6) is 0 Å². The molecule has 3 aromatic rings. The molecule has 0 bridgehead atoms. The molecule has 3 rings (SSSR count). The Morgan fingerprint density at radius 3 is 2.81 bits per heavy atom. The first-order valence-corrected chi connectivity index (χ1v) is 6.43. The minimum Gasteiger partial charge on any atom is -0.461 e. The van der Waals surface area contributed by atoms with E-state index in [1.807, 2.05) is 12.1 Å². The molecule has 0 aliphatic rings. The number of hydrogen-bond acceptors (Lipinski definition) is 5. The summed E-state index contributed by atoms with van der Waals surface area (Å²) >= 11 is 0. The first-order valence-electron chi connectivity index (χ1n) is 6.43. The van der Waals surface area contributed by atoms with Crippen LogP contribution in [-0.2, 0) is 6.54 Å². The number of hydrogen-bond donors (Lipinski definition) is 1. The van der Waals surface area contributed by atoms with Crippen molar-refractivity contribution in [3.8, 4) is 11.5 Å². The molecular weight excluding hydrogens is 270 g/mol. The minimum absolute atomic E-state index is 0.253. The highest BCUT2D eigenvalue weighted by Crippen LogP contribution is 2.26. The Kier molecular flexibility index (Phi) is 3.51. The third kappa shape index (κ3) is 2.69. The van der Waals surface area contributed by atoms with Crippen LogP contribution in [0.4, 0.5) is 0 Å². The van der Waals surface area contributed by atoms with Crippen LogP contribution < -0.4 is 5.32 Å². The molecule has 0 aliphatic carbocycles. The molecule has 6 nitrogen and oxygen atoms in total. The second-order valence-electron chi connectivity index (χ2n) is 4.49. The second kappa shape index (κ2) is 5.62. The number of rotatable bonds is 4. The van der Waals surface area contributed by atoms with E-state index in [1.54, 1.807) is 31.5 Å². The van der Waals surface area contributed by atoms with Gasteiger partial charge in [0.2, 0.25) is 5.76 Å². The molecule has 6 heteroatoms. The smallest absolute Gasteiger partial charge is 0.257 e. The lowest BCUT2D eigenvalue weighted by Gasteiger charge is -2.04. The number of aryl methyl sites for hydroxylation is 1. The number of carbonyl (C=O) groups excluding carboxylic acids is 1. The van der Waals surface area contributed by atoms with Crippen molar-refractivity contribution in [2.45, 2.75) is 13.5 Å². The zero-order chi connectivity index (χ0) is 14.7. The molecule has 0 fully saturated rings. The summed E-state index contributed by atoms with van der Waals surface area (Å²) in [6, 6.07) is 7.13. The lowest BCUT2D eigenvalue weighted by atomic mass is 10.1. The van der Waals surface area contributed by atoms with Gasteiger partial charge in [0, 0.05) is 18.9 Å². The van der Waals surface area contributed by atoms with Crippen LogP contribution in [-0.4, -0.2) is 16.0 Å². The van der Waals surface area contributed by atoms with Gasteiger partial charge in [-0.2, -0.15) is 0 Å². The molecule has 0 saturated carbocycles. The van der Waals surface area contributed by atoms with Crippen molar-refractivity contribution in [1.29, 1.82) is 0 Å². The number of pyridine rings is 1. The Morgan fingerprint density at radius 2 is 2.10 bits per heavy atom. The Bertz CT molecular complexity index is 733. The quantitative estimate of drug-likeness (QED) is 0.795. The molecule has 1 amide bonds. The van der Waals surface area contributed by atoms with Crippen molar-refractivity contribution in [2.24, 2.45) is 0 Å². The summed E-state index contributed by atoms with van der Waals surface area (Å²) in [7, 11) is 0. The van der Waals surface area contributed by atoms with Crippen LogP contribution >= 0.6 is 0 Å². The van der Waals surface area contributed by atoms with Crippen LogP contribution in [0.15, 0.2) is 51.9 Å². The molecule has 0 aromatic carbocycles. The first-order chi connectivity index (χ1) is 10.3. The average molecular weight is 283 g/mol. The average Bonchev–Trinajstić information content (AvgIpc) is 3.15. The van der Waals surface area contributed by atoms with Crippen molar-refractivity contribution in [2.75, 3.05) is 0 Å². The number of nitrogens with one attached hydrogen (secondary N) is 1. The highest BCUT2D eigenvalue weighted by molar-refractivity contribution is 6.00.